The molecular weight excluding hydrogens is 412 g/mol. The lowest BCUT2D eigenvalue weighted by Gasteiger charge is -2.11. The largest absolute Gasteiger partial charge is 0.493 e. The van der Waals surface area contributed by atoms with Crippen LogP contribution in [0.1, 0.15) is 21.6 Å². The number of nitrogens with one attached hydrogen (secondary N) is 2. The van der Waals surface area contributed by atoms with Gasteiger partial charge < -0.3 is 20.1 Å². The fourth-order valence-electron chi connectivity index (χ4n) is 2.95. The first-order valence-corrected chi connectivity index (χ1v) is 9.79. The summed E-state index contributed by atoms with van der Waals surface area (Å²) < 4.78 is 11.3. The molecule has 2 N–H and O–H groups in total. The highest BCUT2D eigenvalue weighted by Crippen LogP contribution is 2.29. The van der Waals surface area contributed by atoms with Crippen LogP contribution in [-0.4, -0.2) is 35.8 Å². The zero-order valence-corrected chi connectivity index (χ0v) is 18.3. The van der Waals surface area contributed by atoms with Gasteiger partial charge >= 0.3 is 0 Å². The van der Waals surface area contributed by atoms with Crippen molar-refractivity contribution in [1.29, 1.82) is 0 Å². The van der Waals surface area contributed by atoms with Crippen molar-refractivity contribution < 1.29 is 19.1 Å². The van der Waals surface area contributed by atoms with Gasteiger partial charge in [-0.2, -0.15) is 5.10 Å². The number of hydrogen-bond donors (Lipinski definition) is 2. The standard InChI is InChI=1S/C23H24N4O5/c1-14-5-6-16(11-15(14)2)25-23(30)18-8-10-22(29)27(26-18)13-21(28)24-17-7-9-19(31-3)20(12-17)32-4/h5-12H,13H2,1-4H3,(H,24,28)(H,25,30). The van der Waals surface area contributed by atoms with Gasteiger partial charge in [0, 0.05) is 23.5 Å². The topological polar surface area (TPSA) is 112 Å². The van der Waals surface area contributed by atoms with Crippen LogP contribution >= 0.6 is 0 Å². The molecule has 1 heterocycles. The second-order valence-corrected chi connectivity index (χ2v) is 7.09. The summed E-state index contributed by atoms with van der Waals surface area (Å²) in [5.74, 6) is -0.00249. The minimum absolute atomic E-state index is 0.0155. The summed E-state index contributed by atoms with van der Waals surface area (Å²) in [6.45, 7) is 3.56. The number of methoxy groups -OCH3 is 2. The first-order chi connectivity index (χ1) is 15.3. The van der Waals surface area contributed by atoms with Crippen molar-refractivity contribution >= 4 is 23.2 Å². The highest BCUT2D eigenvalue weighted by Gasteiger charge is 2.13. The Hall–Kier alpha value is -4.14. The van der Waals surface area contributed by atoms with E-state index in [-0.39, 0.29) is 12.2 Å². The Kier molecular flexibility index (Phi) is 6.89. The third-order valence-corrected chi connectivity index (χ3v) is 4.82. The molecule has 0 unspecified atom stereocenters. The lowest BCUT2D eigenvalue weighted by Crippen LogP contribution is -2.31. The van der Waals surface area contributed by atoms with Gasteiger partial charge in [0.1, 0.15) is 12.2 Å². The van der Waals surface area contributed by atoms with Gasteiger partial charge in [0.2, 0.25) is 5.91 Å². The summed E-state index contributed by atoms with van der Waals surface area (Å²) in [5.41, 5.74) is 2.73. The molecule has 0 spiro atoms. The molecule has 0 aliphatic carbocycles. The number of ether oxygens (including phenoxy) is 2. The Morgan fingerprint density at radius 2 is 1.56 bits per heavy atom. The first-order valence-electron chi connectivity index (χ1n) is 9.79. The molecule has 0 bridgehead atoms. The Morgan fingerprint density at radius 3 is 2.25 bits per heavy atom. The second kappa shape index (κ2) is 9.78. The highest BCUT2D eigenvalue weighted by molar-refractivity contribution is 6.02. The molecule has 0 aliphatic rings. The summed E-state index contributed by atoms with van der Waals surface area (Å²) >= 11 is 0. The predicted octanol–water partition coefficient (Wildman–Crippen LogP) is 2.77. The van der Waals surface area contributed by atoms with Crippen LogP contribution < -0.4 is 25.7 Å². The van der Waals surface area contributed by atoms with Gasteiger partial charge in [0.15, 0.2) is 11.5 Å². The number of amides is 2. The number of carbonyl (C=O) groups is 2. The van der Waals surface area contributed by atoms with Crippen molar-refractivity contribution in [3.05, 3.63) is 75.7 Å². The molecule has 3 rings (SSSR count). The molecule has 166 valence electrons. The van der Waals surface area contributed by atoms with Gasteiger partial charge in [0.05, 0.1) is 14.2 Å². The monoisotopic (exact) mass is 436 g/mol. The fourth-order valence-corrected chi connectivity index (χ4v) is 2.95. The zero-order valence-electron chi connectivity index (χ0n) is 18.3. The van der Waals surface area contributed by atoms with E-state index in [1.165, 1.54) is 26.4 Å². The van der Waals surface area contributed by atoms with Crippen LogP contribution in [0.25, 0.3) is 0 Å². The maximum absolute atomic E-state index is 12.6. The molecule has 0 radical (unpaired) electrons. The van der Waals surface area contributed by atoms with E-state index >= 15 is 0 Å². The lowest BCUT2D eigenvalue weighted by molar-refractivity contribution is -0.117. The minimum atomic E-state index is -0.504. The average Bonchev–Trinajstić information content (AvgIpc) is 2.77. The van der Waals surface area contributed by atoms with Crippen molar-refractivity contribution in [3.8, 4) is 11.5 Å². The number of benzene rings is 2. The molecular formula is C23H24N4O5. The molecule has 1 aromatic heterocycles. The molecule has 3 aromatic rings. The summed E-state index contributed by atoms with van der Waals surface area (Å²) in [7, 11) is 3.00. The normalized spacial score (nSPS) is 10.4. The SMILES string of the molecule is COc1ccc(NC(=O)Cn2nc(C(=O)Nc3ccc(C)c(C)c3)ccc2=O)cc1OC. The number of aryl methyl sites for hydroxylation is 2. The van der Waals surface area contributed by atoms with Crippen molar-refractivity contribution in [1.82, 2.24) is 9.78 Å². The van der Waals surface area contributed by atoms with Crippen LogP contribution in [-0.2, 0) is 11.3 Å². The van der Waals surface area contributed by atoms with E-state index < -0.39 is 17.4 Å². The van der Waals surface area contributed by atoms with E-state index in [1.807, 2.05) is 26.0 Å². The number of anilines is 2. The average molecular weight is 436 g/mol. The number of carbonyl (C=O) groups excluding carboxylic acids is 2. The van der Waals surface area contributed by atoms with Gasteiger partial charge in [-0.15, -0.1) is 0 Å². The molecule has 0 aliphatic heterocycles. The van der Waals surface area contributed by atoms with E-state index in [9.17, 15) is 14.4 Å². The van der Waals surface area contributed by atoms with Crippen molar-refractivity contribution in [2.45, 2.75) is 20.4 Å². The number of rotatable bonds is 7. The smallest absolute Gasteiger partial charge is 0.276 e. The van der Waals surface area contributed by atoms with Crippen molar-refractivity contribution in [2.75, 3.05) is 24.9 Å². The molecule has 9 heteroatoms. The van der Waals surface area contributed by atoms with Gasteiger partial charge in [-0.3, -0.25) is 14.4 Å². The van der Waals surface area contributed by atoms with Crippen molar-refractivity contribution in [2.24, 2.45) is 0 Å². The van der Waals surface area contributed by atoms with Gasteiger partial charge in [-0.05, 0) is 55.3 Å². The number of aromatic nitrogens is 2. The van der Waals surface area contributed by atoms with Crippen LogP contribution in [0.2, 0.25) is 0 Å². The Morgan fingerprint density at radius 1 is 0.875 bits per heavy atom. The van der Waals surface area contributed by atoms with Gasteiger partial charge in [0.25, 0.3) is 11.5 Å². The molecule has 0 atom stereocenters. The molecule has 2 amide bonds. The second-order valence-electron chi connectivity index (χ2n) is 7.09. The Labute approximate surface area is 185 Å². The van der Waals surface area contributed by atoms with E-state index in [0.29, 0.717) is 22.9 Å². The highest BCUT2D eigenvalue weighted by atomic mass is 16.5. The number of nitrogens with zero attached hydrogens (tertiary/aromatic N) is 2. The van der Waals surface area contributed by atoms with E-state index in [4.69, 9.17) is 9.47 Å². The van der Waals surface area contributed by atoms with Gasteiger partial charge in [-0.1, -0.05) is 6.07 Å². The van der Waals surface area contributed by atoms with E-state index in [2.05, 4.69) is 15.7 Å². The molecule has 0 saturated carbocycles. The van der Waals surface area contributed by atoms with E-state index in [1.54, 1.807) is 24.3 Å². The van der Waals surface area contributed by atoms with Crippen LogP contribution in [0.15, 0.2) is 53.3 Å². The third-order valence-electron chi connectivity index (χ3n) is 4.82. The lowest BCUT2D eigenvalue weighted by atomic mass is 10.1. The molecule has 0 saturated heterocycles. The summed E-state index contributed by atoms with van der Waals surface area (Å²) in [6, 6.07) is 12.9. The molecule has 32 heavy (non-hydrogen) atoms. The van der Waals surface area contributed by atoms with Crippen LogP contribution in [0.3, 0.4) is 0 Å². The maximum Gasteiger partial charge on any atom is 0.276 e. The summed E-state index contributed by atoms with van der Waals surface area (Å²) in [4.78, 5) is 37.2. The maximum atomic E-state index is 12.6. The number of hydrogen-bond acceptors (Lipinski definition) is 6. The van der Waals surface area contributed by atoms with Crippen molar-refractivity contribution in [3.63, 3.8) is 0 Å². The summed E-state index contributed by atoms with van der Waals surface area (Å²) in [5, 5.41) is 9.45. The zero-order chi connectivity index (χ0) is 23.3. The molecule has 0 fully saturated rings. The quantitative estimate of drug-likeness (QED) is 0.589. The molecule has 2 aromatic carbocycles. The van der Waals surface area contributed by atoms with Crippen LogP contribution in [0, 0.1) is 13.8 Å². The first kappa shape index (κ1) is 22.5. The molecule has 9 nitrogen and oxygen atoms in total. The van der Waals surface area contributed by atoms with E-state index in [0.717, 1.165) is 15.8 Å². The van der Waals surface area contributed by atoms with Gasteiger partial charge in [-0.25, -0.2) is 4.68 Å². The van der Waals surface area contributed by atoms with Crippen LogP contribution in [0.4, 0.5) is 11.4 Å². The fraction of sp³-hybridized carbons (Fsp3) is 0.217. The van der Waals surface area contributed by atoms with Crippen LogP contribution in [0.5, 0.6) is 11.5 Å². The third kappa shape index (κ3) is 5.31. The Bertz CT molecular complexity index is 1220. The summed E-state index contributed by atoms with van der Waals surface area (Å²) in [6.07, 6.45) is 0. The minimum Gasteiger partial charge on any atom is -0.493 e. The Balaban J connectivity index is 1.72. The predicted molar refractivity (Wildman–Crippen MR) is 121 cm³/mol.